The fourth-order valence-electron chi connectivity index (χ4n) is 4.05. The van der Waals surface area contributed by atoms with Crippen molar-refractivity contribution in [2.45, 2.75) is 45.2 Å². The van der Waals surface area contributed by atoms with Crippen LogP contribution in [0.5, 0.6) is 0 Å². The SMILES string of the molecule is COCC1(C(=O)N[C@H]2CN(Cc3nc(C)cs3)C[C@@H]2C2CC2)CC1.Cl. The number of aromatic nitrogens is 1. The fourth-order valence-corrected chi connectivity index (χ4v) is 4.86. The van der Waals surface area contributed by atoms with E-state index >= 15 is 0 Å². The average Bonchev–Trinajstić information content (AvgIpc) is 3.45. The number of ether oxygens (including phenoxy) is 1. The van der Waals surface area contributed by atoms with Gasteiger partial charge in [0, 0.05) is 37.3 Å². The van der Waals surface area contributed by atoms with Gasteiger partial charge in [0.15, 0.2) is 0 Å². The minimum Gasteiger partial charge on any atom is -0.384 e. The van der Waals surface area contributed by atoms with Crippen molar-refractivity contribution in [3.63, 3.8) is 0 Å². The molecular formula is C18H28ClN3O2S. The Morgan fingerprint density at radius 3 is 2.76 bits per heavy atom. The van der Waals surface area contributed by atoms with Crippen molar-refractivity contribution in [1.82, 2.24) is 15.2 Å². The Hall–Kier alpha value is -0.690. The van der Waals surface area contributed by atoms with Crippen molar-refractivity contribution in [1.29, 1.82) is 0 Å². The highest BCUT2D eigenvalue weighted by atomic mass is 35.5. The van der Waals surface area contributed by atoms with E-state index in [1.54, 1.807) is 18.4 Å². The summed E-state index contributed by atoms with van der Waals surface area (Å²) in [7, 11) is 1.69. The summed E-state index contributed by atoms with van der Waals surface area (Å²) in [6, 6.07) is 0.292. The largest absolute Gasteiger partial charge is 0.384 e. The summed E-state index contributed by atoms with van der Waals surface area (Å²) < 4.78 is 5.27. The first-order valence-electron chi connectivity index (χ1n) is 9.03. The molecule has 2 aliphatic carbocycles. The lowest BCUT2D eigenvalue weighted by Gasteiger charge is -2.23. The molecule has 3 aliphatic rings. The third kappa shape index (κ3) is 4.18. The number of carbonyl (C=O) groups is 1. The highest BCUT2D eigenvalue weighted by molar-refractivity contribution is 7.09. The highest BCUT2D eigenvalue weighted by Crippen LogP contribution is 2.47. The number of aryl methyl sites for hydroxylation is 1. The van der Waals surface area contributed by atoms with Gasteiger partial charge in [-0.1, -0.05) is 0 Å². The predicted molar refractivity (Wildman–Crippen MR) is 101 cm³/mol. The summed E-state index contributed by atoms with van der Waals surface area (Å²) in [5.41, 5.74) is 0.871. The second-order valence-electron chi connectivity index (χ2n) is 7.87. The molecule has 140 valence electrons. The standard InChI is InChI=1S/C18H27N3O2S.ClH/c1-12-10-24-16(19-12)9-21-7-14(13-3-4-13)15(8-21)20-17(22)18(5-6-18)11-23-2;/h10,13-15H,3-9,11H2,1-2H3,(H,20,22);1H/t14-,15+;/m1./s1. The summed E-state index contributed by atoms with van der Waals surface area (Å²) in [5.74, 6) is 1.62. The van der Waals surface area contributed by atoms with Crippen molar-refractivity contribution in [3.8, 4) is 0 Å². The Labute approximate surface area is 159 Å². The molecule has 0 unspecified atom stereocenters. The van der Waals surface area contributed by atoms with E-state index in [9.17, 15) is 4.79 Å². The molecule has 1 amide bonds. The monoisotopic (exact) mass is 385 g/mol. The van der Waals surface area contributed by atoms with E-state index in [1.807, 2.05) is 6.92 Å². The Morgan fingerprint density at radius 1 is 1.44 bits per heavy atom. The molecular weight excluding hydrogens is 358 g/mol. The lowest BCUT2D eigenvalue weighted by atomic mass is 9.97. The van der Waals surface area contributed by atoms with Crippen LogP contribution in [0.25, 0.3) is 0 Å². The molecule has 0 bridgehead atoms. The van der Waals surface area contributed by atoms with Gasteiger partial charge in [0.05, 0.1) is 18.6 Å². The molecule has 1 aromatic rings. The minimum atomic E-state index is -0.233. The second kappa shape index (κ2) is 7.51. The first-order chi connectivity index (χ1) is 11.6. The van der Waals surface area contributed by atoms with Gasteiger partial charge in [0.2, 0.25) is 5.91 Å². The maximum atomic E-state index is 12.7. The molecule has 1 saturated heterocycles. The summed E-state index contributed by atoms with van der Waals surface area (Å²) in [6.45, 7) is 5.56. The van der Waals surface area contributed by atoms with Crippen LogP contribution in [0, 0.1) is 24.2 Å². The molecule has 25 heavy (non-hydrogen) atoms. The molecule has 2 heterocycles. The topological polar surface area (TPSA) is 54.5 Å². The number of methoxy groups -OCH3 is 1. The fraction of sp³-hybridized carbons (Fsp3) is 0.778. The number of amides is 1. The molecule has 1 aliphatic heterocycles. The lowest BCUT2D eigenvalue weighted by molar-refractivity contribution is -0.129. The summed E-state index contributed by atoms with van der Waals surface area (Å²) in [6.07, 6.45) is 4.58. The third-order valence-corrected chi connectivity index (χ3v) is 6.72. The van der Waals surface area contributed by atoms with Crippen LogP contribution in [0.2, 0.25) is 0 Å². The summed E-state index contributed by atoms with van der Waals surface area (Å²) in [4.78, 5) is 19.8. The number of rotatable bonds is 7. The number of nitrogens with zero attached hydrogens (tertiary/aromatic N) is 2. The van der Waals surface area contributed by atoms with E-state index in [1.165, 1.54) is 17.8 Å². The van der Waals surface area contributed by atoms with Crippen LogP contribution in [0.3, 0.4) is 0 Å². The van der Waals surface area contributed by atoms with E-state index in [0.29, 0.717) is 18.6 Å². The van der Waals surface area contributed by atoms with Gasteiger partial charge in [-0.3, -0.25) is 9.69 Å². The van der Waals surface area contributed by atoms with Gasteiger partial charge in [-0.25, -0.2) is 4.98 Å². The molecule has 2 saturated carbocycles. The zero-order valence-corrected chi connectivity index (χ0v) is 16.6. The van der Waals surface area contributed by atoms with Crippen molar-refractivity contribution < 1.29 is 9.53 Å². The number of likely N-dealkylation sites (tertiary alicyclic amines) is 1. The average molecular weight is 386 g/mol. The molecule has 7 heteroatoms. The molecule has 0 aromatic carbocycles. The third-order valence-electron chi connectivity index (χ3n) is 5.77. The number of hydrogen-bond donors (Lipinski definition) is 1. The van der Waals surface area contributed by atoms with Gasteiger partial charge in [-0.15, -0.1) is 23.7 Å². The Balaban J connectivity index is 0.00000182. The normalized spacial score (nSPS) is 27.8. The predicted octanol–water partition coefficient (Wildman–Crippen LogP) is 2.63. The molecule has 4 rings (SSSR count). The Morgan fingerprint density at radius 2 is 2.20 bits per heavy atom. The molecule has 1 aromatic heterocycles. The minimum absolute atomic E-state index is 0. The van der Waals surface area contributed by atoms with Crippen molar-refractivity contribution in [2.24, 2.45) is 17.3 Å². The van der Waals surface area contributed by atoms with Crippen molar-refractivity contribution in [2.75, 3.05) is 26.8 Å². The maximum absolute atomic E-state index is 12.7. The van der Waals surface area contributed by atoms with E-state index in [0.717, 1.165) is 44.1 Å². The first-order valence-corrected chi connectivity index (χ1v) is 9.91. The van der Waals surface area contributed by atoms with Gasteiger partial charge in [-0.05, 0) is 44.4 Å². The quantitative estimate of drug-likeness (QED) is 0.783. The van der Waals surface area contributed by atoms with E-state index in [-0.39, 0.29) is 23.7 Å². The van der Waals surface area contributed by atoms with Crippen LogP contribution in [0.15, 0.2) is 5.38 Å². The molecule has 1 N–H and O–H groups in total. The smallest absolute Gasteiger partial charge is 0.228 e. The van der Waals surface area contributed by atoms with E-state index in [4.69, 9.17) is 4.74 Å². The van der Waals surface area contributed by atoms with Crippen LogP contribution in [-0.4, -0.2) is 48.6 Å². The molecule has 0 radical (unpaired) electrons. The van der Waals surface area contributed by atoms with Gasteiger partial charge >= 0.3 is 0 Å². The van der Waals surface area contributed by atoms with Gasteiger partial charge in [-0.2, -0.15) is 0 Å². The van der Waals surface area contributed by atoms with Gasteiger partial charge in [0.25, 0.3) is 0 Å². The van der Waals surface area contributed by atoms with Crippen LogP contribution in [0.4, 0.5) is 0 Å². The van der Waals surface area contributed by atoms with Crippen molar-refractivity contribution in [3.05, 3.63) is 16.1 Å². The van der Waals surface area contributed by atoms with Crippen LogP contribution in [-0.2, 0) is 16.1 Å². The summed E-state index contributed by atoms with van der Waals surface area (Å²) in [5, 5.41) is 6.68. The zero-order chi connectivity index (χ0) is 16.7. The van der Waals surface area contributed by atoms with Crippen molar-refractivity contribution >= 4 is 29.7 Å². The van der Waals surface area contributed by atoms with Crippen LogP contribution in [0.1, 0.15) is 36.4 Å². The van der Waals surface area contributed by atoms with Crippen LogP contribution >= 0.6 is 23.7 Å². The second-order valence-corrected chi connectivity index (χ2v) is 8.81. The number of halogens is 1. The van der Waals surface area contributed by atoms with E-state index < -0.39 is 0 Å². The molecule has 2 atom stereocenters. The first kappa shape index (κ1) is 19.1. The van der Waals surface area contributed by atoms with Gasteiger partial charge in [0.1, 0.15) is 5.01 Å². The Bertz CT molecular complexity index is 615. The van der Waals surface area contributed by atoms with Gasteiger partial charge < -0.3 is 10.1 Å². The van der Waals surface area contributed by atoms with E-state index in [2.05, 4.69) is 20.6 Å². The highest BCUT2D eigenvalue weighted by Gasteiger charge is 2.52. The summed E-state index contributed by atoms with van der Waals surface area (Å²) >= 11 is 1.74. The maximum Gasteiger partial charge on any atom is 0.228 e. The number of thiazole rings is 1. The Kier molecular flexibility index (Phi) is 5.73. The molecule has 5 nitrogen and oxygen atoms in total. The number of nitrogens with one attached hydrogen (secondary N) is 1. The zero-order valence-electron chi connectivity index (χ0n) is 15.0. The molecule has 0 spiro atoms. The lowest BCUT2D eigenvalue weighted by Crippen LogP contribution is -2.45. The number of hydrogen-bond acceptors (Lipinski definition) is 5. The number of carbonyl (C=O) groups excluding carboxylic acids is 1. The molecule has 3 fully saturated rings. The van der Waals surface area contributed by atoms with Crippen LogP contribution < -0.4 is 5.32 Å².